The van der Waals surface area contributed by atoms with Gasteiger partial charge in [0.1, 0.15) is 18.2 Å². The van der Waals surface area contributed by atoms with Gasteiger partial charge in [0.15, 0.2) is 0 Å². The van der Waals surface area contributed by atoms with E-state index in [1.54, 1.807) is 25.3 Å². The first kappa shape index (κ1) is 14.5. The summed E-state index contributed by atoms with van der Waals surface area (Å²) in [6, 6.07) is 11.1. The molecule has 0 fully saturated rings. The Morgan fingerprint density at radius 3 is 2.80 bits per heavy atom. The summed E-state index contributed by atoms with van der Waals surface area (Å²) in [6.07, 6.45) is 0. The van der Waals surface area contributed by atoms with Crippen LogP contribution in [0.15, 0.2) is 46.9 Å². The van der Waals surface area contributed by atoms with E-state index in [-0.39, 0.29) is 12.2 Å². The predicted octanol–water partition coefficient (Wildman–Crippen LogP) is 3.95. The Morgan fingerprint density at radius 2 is 2.05 bits per heavy atom. The predicted molar refractivity (Wildman–Crippen MR) is 76.2 cm³/mol. The highest BCUT2D eigenvalue weighted by molar-refractivity contribution is 9.10. The summed E-state index contributed by atoms with van der Waals surface area (Å²) >= 11 is 3.19. The van der Waals surface area contributed by atoms with Gasteiger partial charge in [0.05, 0.1) is 12.7 Å². The Morgan fingerprint density at radius 1 is 1.25 bits per heavy atom. The van der Waals surface area contributed by atoms with Crippen LogP contribution in [0, 0.1) is 5.82 Å². The van der Waals surface area contributed by atoms with Gasteiger partial charge in [-0.05, 0) is 51.8 Å². The fourth-order valence-corrected chi connectivity index (χ4v) is 2.05. The van der Waals surface area contributed by atoms with Crippen LogP contribution < -0.4 is 4.74 Å². The number of benzene rings is 2. The second kappa shape index (κ2) is 6.52. The Labute approximate surface area is 124 Å². The number of hydrogen-bond acceptors (Lipinski definition) is 3. The molecule has 2 aromatic rings. The lowest BCUT2D eigenvalue weighted by molar-refractivity contribution is 0.0471. The smallest absolute Gasteiger partial charge is 0.339 e. The van der Waals surface area contributed by atoms with E-state index in [1.165, 1.54) is 12.1 Å². The maximum absolute atomic E-state index is 13.1. The number of hydrogen-bond donors (Lipinski definition) is 0. The van der Waals surface area contributed by atoms with Crippen molar-refractivity contribution in [1.29, 1.82) is 0 Å². The van der Waals surface area contributed by atoms with E-state index in [0.717, 1.165) is 11.6 Å². The van der Waals surface area contributed by atoms with Crippen molar-refractivity contribution in [3.8, 4) is 5.75 Å². The maximum Gasteiger partial charge on any atom is 0.339 e. The van der Waals surface area contributed by atoms with Crippen LogP contribution in [0.5, 0.6) is 5.75 Å². The molecule has 0 atom stereocenters. The maximum atomic E-state index is 13.1. The summed E-state index contributed by atoms with van der Waals surface area (Å²) in [7, 11) is 1.56. The van der Waals surface area contributed by atoms with Crippen LogP contribution in [-0.2, 0) is 11.3 Å². The third kappa shape index (κ3) is 3.57. The first-order valence-corrected chi connectivity index (χ1v) is 6.64. The molecule has 104 valence electrons. The van der Waals surface area contributed by atoms with Gasteiger partial charge in [0.2, 0.25) is 0 Å². The zero-order valence-electron chi connectivity index (χ0n) is 10.7. The van der Waals surface area contributed by atoms with Gasteiger partial charge in [-0.3, -0.25) is 0 Å². The minimum absolute atomic E-state index is 0.0962. The summed E-state index contributed by atoms with van der Waals surface area (Å²) in [5.41, 5.74) is 0.957. The molecule has 0 N–H and O–H groups in total. The monoisotopic (exact) mass is 338 g/mol. The van der Waals surface area contributed by atoms with Gasteiger partial charge in [-0.25, -0.2) is 9.18 Å². The summed E-state index contributed by atoms with van der Waals surface area (Å²) in [4.78, 5) is 11.9. The Kier molecular flexibility index (Phi) is 4.74. The highest BCUT2D eigenvalue weighted by Crippen LogP contribution is 2.20. The average Bonchev–Trinajstić information content (AvgIpc) is 2.47. The van der Waals surface area contributed by atoms with Gasteiger partial charge in [-0.2, -0.15) is 0 Å². The van der Waals surface area contributed by atoms with Crippen molar-refractivity contribution in [3.05, 3.63) is 63.9 Å². The van der Waals surface area contributed by atoms with E-state index in [1.807, 2.05) is 6.07 Å². The van der Waals surface area contributed by atoms with Gasteiger partial charge >= 0.3 is 5.97 Å². The lowest BCUT2D eigenvalue weighted by atomic mass is 10.2. The molecule has 0 spiro atoms. The molecule has 0 radical (unpaired) electrons. The van der Waals surface area contributed by atoms with Crippen molar-refractivity contribution < 1.29 is 18.7 Å². The highest BCUT2D eigenvalue weighted by atomic mass is 79.9. The van der Waals surface area contributed by atoms with Crippen LogP contribution in [-0.4, -0.2) is 13.1 Å². The number of ether oxygens (including phenoxy) is 2. The number of rotatable bonds is 4. The van der Waals surface area contributed by atoms with E-state index in [9.17, 15) is 9.18 Å². The topological polar surface area (TPSA) is 35.5 Å². The van der Waals surface area contributed by atoms with Gasteiger partial charge in [-0.15, -0.1) is 0 Å². The van der Waals surface area contributed by atoms with Crippen molar-refractivity contribution in [2.45, 2.75) is 6.61 Å². The molecule has 2 aromatic carbocycles. The van der Waals surface area contributed by atoms with Crippen molar-refractivity contribution in [2.24, 2.45) is 0 Å². The van der Waals surface area contributed by atoms with Crippen LogP contribution in [0.25, 0.3) is 0 Å². The molecule has 0 aliphatic rings. The summed E-state index contributed by atoms with van der Waals surface area (Å²) < 4.78 is 23.9. The second-order valence-corrected chi connectivity index (χ2v) is 4.91. The molecule has 0 amide bonds. The van der Waals surface area contributed by atoms with Crippen molar-refractivity contribution >= 4 is 21.9 Å². The van der Waals surface area contributed by atoms with Crippen LogP contribution in [0.2, 0.25) is 0 Å². The van der Waals surface area contributed by atoms with Gasteiger partial charge in [0.25, 0.3) is 0 Å². The summed E-state index contributed by atoms with van der Waals surface area (Å²) in [5.74, 6) is -0.383. The Bertz CT molecular complexity index is 628. The van der Waals surface area contributed by atoms with E-state index in [2.05, 4.69) is 15.9 Å². The third-order valence-corrected chi connectivity index (χ3v) is 3.34. The average molecular weight is 339 g/mol. The summed E-state index contributed by atoms with van der Waals surface area (Å²) in [6.45, 7) is 0.0962. The molecular formula is C15H12BrFO3. The first-order chi connectivity index (χ1) is 9.60. The Balaban J connectivity index is 2.06. The molecule has 0 saturated carbocycles. The zero-order valence-corrected chi connectivity index (χ0v) is 12.3. The molecule has 0 unspecified atom stereocenters. The quantitative estimate of drug-likeness (QED) is 0.791. The van der Waals surface area contributed by atoms with E-state index < -0.39 is 11.8 Å². The van der Waals surface area contributed by atoms with E-state index in [0.29, 0.717) is 10.2 Å². The second-order valence-electron chi connectivity index (χ2n) is 4.05. The lowest BCUT2D eigenvalue weighted by Crippen LogP contribution is -2.06. The summed E-state index contributed by atoms with van der Waals surface area (Å²) in [5, 5.41) is 0. The number of halogens is 2. The molecule has 0 saturated heterocycles. The van der Waals surface area contributed by atoms with Crippen LogP contribution in [0.1, 0.15) is 15.9 Å². The molecule has 0 aromatic heterocycles. The molecule has 3 nitrogen and oxygen atoms in total. The molecule has 20 heavy (non-hydrogen) atoms. The van der Waals surface area contributed by atoms with Gasteiger partial charge < -0.3 is 9.47 Å². The molecule has 0 heterocycles. The molecule has 0 bridgehead atoms. The highest BCUT2D eigenvalue weighted by Gasteiger charge is 2.13. The van der Waals surface area contributed by atoms with Crippen LogP contribution in [0.4, 0.5) is 4.39 Å². The molecule has 5 heteroatoms. The fourth-order valence-electron chi connectivity index (χ4n) is 1.64. The van der Waals surface area contributed by atoms with Gasteiger partial charge in [-0.1, -0.05) is 12.1 Å². The van der Waals surface area contributed by atoms with Crippen molar-refractivity contribution in [2.75, 3.05) is 7.11 Å². The Hall–Kier alpha value is -1.88. The lowest BCUT2D eigenvalue weighted by Gasteiger charge is -2.07. The van der Waals surface area contributed by atoms with E-state index in [4.69, 9.17) is 9.47 Å². The third-order valence-electron chi connectivity index (χ3n) is 2.65. The number of carbonyl (C=O) groups excluding carboxylic acids is 1. The largest absolute Gasteiger partial charge is 0.497 e. The molecule has 0 aliphatic carbocycles. The molecular weight excluding hydrogens is 327 g/mol. The number of esters is 1. The molecule has 2 rings (SSSR count). The first-order valence-electron chi connectivity index (χ1n) is 5.85. The van der Waals surface area contributed by atoms with Crippen LogP contribution in [0.3, 0.4) is 0 Å². The van der Waals surface area contributed by atoms with E-state index >= 15 is 0 Å². The minimum atomic E-state index is -0.584. The van der Waals surface area contributed by atoms with Crippen molar-refractivity contribution in [1.82, 2.24) is 0 Å². The minimum Gasteiger partial charge on any atom is -0.497 e. The molecule has 0 aliphatic heterocycles. The fraction of sp³-hybridized carbons (Fsp3) is 0.133. The zero-order chi connectivity index (χ0) is 14.5. The standard InChI is InChI=1S/C15H12BrFO3/c1-19-12-4-2-3-10(7-12)9-20-15(18)13-8-11(17)5-6-14(13)16/h2-8H,9H2,1H3. The SMILES string of the molecule is COc1cccc(COC(=O)c2cc(F)ccc2Br)c1. The number of methoxy groups -OCH3 is 1. The normalized spacial score (nSPS) is 10.2. The number of carbonyl (C=O) groups is 1. The van der Waals surface area contributed by atoms with Gasteiger partial charge in [0, 0.05) is 4.47 Å². The van der Waals surface area contributed by atoms with Crippen LogP contribution >= 0.6 is 15.9 Å². The van der Waals surface area contributed by atoms with Crippen molar-refractivity contribution in [3.63, 3.8) is 0 Å².